The number of hydrogen-bond donors (Lipinski definition) is 0. The highest BCUT2D eigenvalue weighted by Gasteiger charge is 2.60. The zero-order chi connectivity index (χ0) is 32.2. The van der Waals surface area contributed by atoms with Gasteiger partial charge >= 0.3 is 11.9 Å². The van der Waals surface area contributed by atoms with Crippen LogP contribution in [0, 0.1) is 23.7 Å². The molecule has 0 aromatic heterocycles. The van der Waals surface area contributed by atoms with Crippen LogP contribution in [-0.4, -0.2) is 59.3 Å². The van der Waals surface area contributed by atoms with Gasteiger partial charge in [0.25, 0.3) is 0 Å². The van der Waals surface area contributed by atoms with Gasteiger partial charge in [0.1, 0.15) is 18.0 Å². The Balaban J connectivity index is 1.89. The minimum atomic E-state index is -2.11. The summed E-state index contributed by atoms with van der Waals surface area (Å²) in [6.45, 7) is 36.1. The third-order valence-electron chi connectivity index (χ3n) is 10.6. The van der Waals surface area contributed by atoms with E-state index >= 15 is 0 Å². The molecule has 0 amide bonds. The molecule has 0 spiro atoms. The lowest BCUT2D eigenvalue weighted by Crippen LogP contribution is -2.44. The number of hydrogen-bond acceptors (Lipinski definition) is 7. The van der Waals surface area contributed by atoms with Gasteiger partial charge in [0.05, 0.1) is 24.2 Å². The smallest absolute Gasteiger partial charge is 0.336 e. The van der Waals surface area contributed by atoms with Crippen molar-refractivity contribution in [3.63, 3.8) is 0 Å². The van der Waals surface area contributed by atoms with E-state index in [1.165, 1.54) is 6.92 Å². The van der Waals surface area contributed by atoms with Crippen molar-refractivity contribution in [2.24, 2.45) is 23.7 Å². The molecule has 3 fully saturated rings. The average molecular weight is 619 g/mol. The fourth-order valence-corrected chi connectivity index (χ4v) is 8.23. The Morgan fingerprint density at radius 3 is 2.10 bits per heavy atom. The Labute approximate surface area is 255 Å². The van der Waals surface area contributed by atoms with Gasteiger partial charge in [-0.15, -0.1) is 0 Å². The molecule has 0 radical (unpaired) electrons. The summed E-state index contributed by atoms with van der Waals surface area (Å²) in [4.78, 5) is 38.9. The molecule has 42 heavy (non-hydrogen) atoms. The molecule has 9 heteroatoms. The van der Waals surface area contributed by atoms with E-state index < -0.39 is 52.6 Å². The molecular formula is C33H54O7Si2. The highest BCUT2D eigenvalue weighted by atomic mass is 28.4. The summed E-state index contributed by atoms with van der Waals surface area (Å²) in [5.41, 5.74) is 2.05. The third kappa shape index (κ3) is 6.95. The lowest BCUT2D eigenvalue weighted by atomic mass is 9.77. The Morgan fingerprint density at radius 1 is 1.00 bits per heavy atom. The van der Waals surface area contributed by atoms with E-state index in [2.05, 4.69) is 87.5 Å². The Hall–Kier alpha value is -1.82. The molecule has 3 aliphatic rings. The highest BCUT2D eigenvalue weighted by molar-refractivity contribution is 6.74. The lowest BCUT2D eigenvalue weighted by Gasteiger charge is -2.39. The van der Waals surface area contributed by atoms with Gasteiger partial charge in [-0.05, 0) is 61.1 Å². The molecule has 0 aromatic rings. The molecule has 2 aliphatic carbocycles. The van der Waals surface area contributed by atoms with Crippen molar-refractivity contribution >= 4 is 34.4 Å². The number of ether oxygens (including phenoxy) is 2. The summed E-state index contributed by atoms with van der Waals surface area (Å²) < 4.78 is 25.2. The normalized spacial score (nSPS) is 30.4. The van der Waals surface area contributed by atoms with Crippen molar-refractivity contribution in [2.45, 2.75) is 122 Å². The summed E-state index contributed by atoms with van der Waals surface area (Å²) in [7, 11) is -4.21. The second kappa shape index (κ2) is 11.9. The zero-order valence-electron chi connectivity index (χ0n) is 27.8. The Kier molecular flexibility index (Phi) is 9.85. The van der Waals surface area contributed by atoms with Crippen molar-refractivity contribution in [2.75, 3.05) is 6.61 Å². The van der Waals surface area contributed by atoms with Gasteiger partial charge in [0.15, 0.2) is 16.6 Å². The standard InChI is InChI=1S/C33H54O7Si2/c1-19-15-26(38-30(35)20(2)18-37-41(11,12)32(5,6)7)28-24(16-21(3)34)31(36)39-29(28)27-22(4)25(17-23(19)27)40-42(13,14)33(8,9)10/h23-29H,1-2,4,15-18H2,3,5-14H3/t23-,24+,25-,26-,27-,28+,29+/m0/s1. The monoisotopic (exact) mass is 618 g/mol. The van der Waals surface area contributed by atoms with E-state index in [1.807, 2.05) is 0 Å². The zero-order valence-corrected chi connectivity index (χ0v) is 29.8. The Bertz CT molecular complexity index is 1140. The molecule has 7 atom stereocenters. The third-order valence-corrected chi connectivity index (χ3v) is 19.6. The predicted octanol–water partition coefficient (Wildman–Crippen LogP) is 7.16. The van der Waals surface area contributed by atoms with E-state index in [1.54, 1.807) is 0 Å². The van der Waals surface area contributed by atoms with Crippen molar-refractivity contribution < 1.29 is 32.7 Å². The first kappa shape index (κ1) is 34.7. The molecule has 3 rings (SSSR count). The van der Waals surface area contributed by atoms with Gasteiger partial charge in [-0.2, -0.15) is 0 Å². The second-order valence-corrected chi connectivity index (χ2v) is 25.3. The first-order chi connectivity index (χ1) is 19.0. The average Bonchev–Trinajstić information content (AvgIpc) is 3.27. The molecule has 236 valence electrons. The van der Waals surface area contributed by atoms with E-state index in [-0.39, 0.29) is 52.4 Å². The van der Waals surface area contributed by atoms with Crippen LogP contribution in [0.25, 0.3) is 0 Å². The molecule has 7 nitrogen and oxygen atoms in total. The lowest BCUT2D eigenvalue weighted by molar-refractivity contribution is -0.149. The molecule has 0 bridgehead atoms. The van der Waals surface area contributed by atoms with Crippen LogP contribution in [0.4, 0.5) is 0 Å². The summed E-state index contributed by atoms with van der Waals surface area (Å²) >= 11 is 0. The SMILES string of the molecule is C=C(CO[Si](C)(C)C(C)(C)C)C(=O)O[C@H]1CC(=C)[C@@H]2C[C@H](O[Si](C)(C)C(C)(C)C)C(=C)[C@@H]2[C@H]2OC(=O)[C@H](CC(C)=O)[C@@H]21. The van der Waals surface area contributed by atoms with Crippen LogP contribution in [-0.2, 0) is 32.7 Å². The van der Waals surface area contributed by atoms with Crippen LogP contribution >= 0.6 is 0 Å². The van der Waals surface area contributed by atoms with E-state index in [4.69, 9.17) is 18.3 Å². The number of esters is 2. The summed E-state index contributed by atoms with van der Waals surface area (Å²) in [6, 6.07) is 0. The van der Waals surface area contributed by atoms with Crippen molar-refractivity contribution in [1.29, 1.82) is 0 Å². The van der Waals surface area contributed by atoms with Crippen LogP contribution in [0.2, 0.25) is 36.3 Å². The topological polar surface area (TPSA) is 88.1 Å². The Morgan fingerprint density at radius 2 is 1.57 bits per heavy atom. The first-order valence-corrected chi connectivity index (χ1v) is 21.1. The highest BCUT2D eigenvalue weighted by Crippen LogP contribution is 2.55. The van der Waals surface area contributed by atoms with Gasteiger partial charge < -0.3 is 23.1 Å². The number of Topliss-reactive ketones (excluding diaryl/α,β-unsaturated/α-hetero) is 1. The molecule has 2 saturated carbocycles. The maximum absolute atomic E-state index is 13.4. The quantitative estimate of drug-likeness (QED) is 0.117. The fraction of sp³-hybridized carbons (Fsp3) is 0.727. The molecule has 1 aliphatic heterocycles. The van der Waals surface area contributed by atoms with E-state index in [0.29, 0.717) is 12.8 Å². The first-order valence-electron chi connectivity index (χ1n) is 15.3. The van der Waals surface area contributed by atoms with Gasteiger partial charge in [-0.25, -0.2) is 4.79 Å². The van der Waals surface area contributed by atoms with Gasteiger partial charge in [-0.1, -0.05) is 66.9 Å². The van der Waals surface area contributed by atoms with Gasteiger partial charge in [-0.3, -0.25) is 4.79 Å². The van der Waals surface area contributed by atoms with Crippen LogP contribution in [0.1, 0.15) is 67.7 Å². The number of rotatable bonds is 9. The van der Waals surface area contributed by atoms with Crippen molar-refractivity contribution in [3.05, 3.63) is 36.5 Å². The largest absolute Gasteiger partial charge is 0.461 e. The van der Waals surface area contributed by atoms with Crippen LogP contribution in [0.5, 0.6) is 0 Å². The number of carbonyl (C=O) groups is 3. The van der Waals surface area contributed by atoms with Gasteiger partial charge in [0.2, 0.25) is 0 Å². The van der Waals surface area contributed by atoms with Crippen molar-refractivity contribution in [1.82, 2.24) is 0 Å². The maximum Gasteiger partial charge on any atom is 0.336 e. The maximum atomic E-state index is 13.4. The fourth-order valence-electron chi connectivity index (χ4n) is 5.95. The molecule has 0 aromatic carbocycles. The van der Waals surface area contributed by atoms with E-state index in [0.717, 1.165) is 11.1 Å². The molecule has 1 saturated heterocycles. The minimum Gasteiger partial charge on any atom is -0.461 e. The predicted molar refractivity (Wildman–Crippen MR) is 171 cm³/mol. The van der Waals surface area contributed by atoms with Crippen LogP contribution < -0.4 is 0 Å². The summed E-state index contributed by atoms with van der Waals surface area (Å²) in [6.07, 6.45) is -0.343. The van der Waals surface area contributed by atoms with Crippen LogP contribution in [0.15, 0.2) is 36.5 Å². The number of ketones is 1. The molecule has 1 heterocycles. The summed E-state index contributed by atoms with van der Waals surface area (Å²) in [5.74, 6) is -2.55. The summed E-state index contributed by atoms with van der Waals surface area (Å²) in [5, 5.41) is 0.0110. The van der Waals surface area contributed by atoms with Gasteiger partial charge in [0, 0.05) is 24.7 Å². The van der Waals surface area contributed by atoms with Crippen molar-refractivity contribution in [3.8, 4) is 0 Å². The minimum absolute atomic E-state index is 0.0166. The molecule has 0 N–H and O–H groups in total. The molecule has 0 unspecified atom stereocenters. The molecular weight excluding hydrogens is 565 g/mol. The second-order valence-electron chi connectivity index (χ2n) is 15.8. The van der Waals surface area contributed by atoms with Crippen LogP contribution in [0.3, 0.4) is 0 Å². The number of fused-ring (bicyclic) bond motifs is 3. The number of carbonyl (C=O) groups excluding carboxylic acids is 3. The van der Waals surface area contributed by atoms with E-state index in [9.17, 15) is 14.4 Å².